The molecule has 3 nitrogen and oxygen atoms in total. The molecule has 3 rings (SSSR count). The number of hydrogen-bond donors (Lipinski definition) is 1. The van der Waals surface area contributed by atoms with E-state index in [4.69, 9.17) is 0 Å². The number of urea groups is 1. The maximum absolute atomic E-state index is 12.3. The van der Waals surface area contributed by atoms with E-state index in [1.165, 1.54) is 22.3 Å². The average molecular weight is 459 g/mol. The molecule has 34 heavy (non-hydrogen) atoms. The Kier molecular flexibility index (Phi) is 8.72. The quantitative estimate of drug-likeness (QED) is 0.411. The van der Waals surface area contributed by atoms with Crippen LogP contribution in [0.1, 0.15) is 62.3 Å². The fourth-order valence-corrected chi connectivity index (χ4v) is 4.13. The third kappa shape index (κ3) is 8.37. The zero-order valence-corrected chi connectivity index (χ0v) is 22.4. The van der Waals surface area contributed by atoms with E-state index in [1.807, 2.05) is 37.8 Å². The van der Waals surface area contributed by atoms with E-state index >= 15 is 0 Å². The molecule has 0 aromatic heterocycles. The molecule has 1 N–H and O–H groups in total. The van der Waals surface area contributed by atoms with Gasteiger partial charge < -0.3 is 10.2 Å². The van der Waals surface area contributed by atoms with Crippen LogP contribution in [0, 0.1) is 0 Å². The number of nitrogens with one attached hydrogen (secondary N) is 1. The number of nitrogens with zero attached hydrogens (tertiary/aromatic N) is 1. The molecule has 0 radical (unpaired) electrons. The summed E-state index contributed by atoms with van der Waals surface area (Å²) in [6.45, 7) is 18.3. The lowest BCUT2D eigenvalue weighted by Gasteiger charge is -2.46. The van der Waals surface area contributed by atoms with Crippen LogP contribution in [0.4, 0.5) is 4.79 Å². The second-order valence-electron chi connectivity index (χ2n) is 11.7. The Hall–Kier alpha value is -3.07. The number of carbonyl (C=O) groups excluding carboxylic acids is 1. The minimum Gasteiger partial charge on any atom is -0.333 e. The van der Waals surface area contributed by atoms with Gasteiger partial charge in [0.1, 0.15) is 0 Å². The first-order chi connectivity index (χ1) is 15.7. The van der Waals surface area contributed by atoms with E-state index < -0.39 is 0 Å². The van der Waals surface area contributed by atoms with E-state index in [0.717, 1.165) is 0 Å². The molecular formula is C31H42N2O. The van der Waals surface area contributed by atoms with Gasteiger partial charge in [-0.25, -0.2) is 4.79 Å². The molecule has 0 fully saturated rings. The van der Waals surface area contributed by atoms with Crippen molar-refractivity contribution < 1.29 is 4.79 Å². The molecule has 0 aliphatic carbocycles. The van der Waals surface area contributed by atoms with Crippen molar-refractivity contribution in [3.05, 3.63) is 84.9 Å². The van der Waals surface area contributed by atoms with E-state index in [1.54, 1.807) is 0 Å². The van der Waals surface area contributed by atoms with Gasteiger partial charge in [0.15, 0.2) is 0 Å². The summed E-state index contributed by atoms with van der Waals surface area (Å²) in [6.07, 6.45) is 0. The summed E-state index contributed by atoms with van der Waals surface area (Å²) in [5, 5.41) is 3.02. The zero-order valence-electron chi connectivity index (χ0n) is 22.4. The van der Waals surface area contributed by atoms with Crippen LogP contribution < -0.4 is 5.32 Å². The first-order valence-electron chi connectivity index (χ1n) is 12.0. The van der Waals surface area contributed by atoms with Crippen LogP contribution in [0.25, 0.3) is 22.3 Å². The first-order valence-corrected chi connectivity index (χ1v) is 12.0. The van der Waals surface area contributed by atoms with Crippen LogP contribution in [0.3, 0.4) is 0 Å². The van der Waals surface area contributed by atoms with Gasteiger partial charge in [-0.3, -0.25) is 0 Å². The van der Waals surface area contributed by atoms with Crippen molar-refractivity contribution >= 4 is 6.03 Å². The highest BCUT2D eigenvalue weighted by Crippen LogP contribution is 2.26. The predicted molar refractivity (Wildman–Crippen MR) is 147 cm³/mol. The summed E-state index contributed by atoms with van der Waals surface area (Å²) >= 11 is 0. The summed E-state index contributed by atoms with van der Waals surface area (Å²) in [7, 11) is 0. The van der Waals surface area contributed by atoms with Crippen molar-refractivity contribution in [3.8, 4) is 22.3 Å². The number of amides is 2. The molecule has 3 aromatic rings. The smallest absolute Gasteiger partial charge is 0.318 e. The van der Waals surface area contributed by atoms with Crippen LogP contribution in [-0.2, 0) is 0 Å². The van der Waals surface area contributed by atoms with E-state index in [0.29, 0.717) is 0 Å². The number of rotatable bonds is 2. The van der Waals surface area contributed by atoms with E-state index in [-0.39, 0.29) is 22.6 Å². The minimum absolute atomic E-state index is 0.00694. The lowest BCUT2D eigenvalue weighted by atomic mass is 9.96. The molecule has 0 heterocycles. The van der Waals surface area contributed by atoms with Crippen LogP contribution in [0.15, 0.2) is 84.9 Å². The lowest BCUT2D eigenvalue weighted by Crippen LogP contribution is -2.61. The Morgan fingerprint density at radius 1 is 0.559 bits per heavy atom. The molecule has 3 aromatic carbocycles. The molecule has 0 unspecified atom stereocenters. The van der Waals surface area contributed by atoms with E-state index in [2.05, 4.69) is 120 Å². The maximum Gasteiger partial charge on any atom is 0.318 e. The highest BCUT2D eigenvalue weighted by Gasteiger charge is 2.36. The van der Waals surface area contributed by atoms with Gasteiger partial charge >= 0.3 is 6.03 Å². The van der Waals surface area contributed by atoms with Gasteiger partial charge in [0.25, 0.3) is 0 Å². The third-order valence-electron chi connectivity index (χ3n) is 5.10. The van der Waals surface area contributed by atoms with Gasteiger partial charge in [-0.2, -0.15) is 0 Å². The molecular weight excluding hydrogens is 416 g/mol. The molecule has 0 aliphatic rings. The lowest BCUT2D eigenvalue weighted by molar-refractivity contribution is 0.0700. The Balaban J connectivity index is 0.000000243. The van der Waals surface area contributed by atoms with Crippen molar-refractivity contribution in [2.75, 3.05) is 0 Å². The minimum atomic E-state index is -0.203. The fourth-order valence-electron chi connectivity index (χ4n) is 4.13. The largest absolute Gasteiger partial charge is 0.333 e. The molecule has 0 spiro atoms. The molecule has 182 valence electrons. The van der Waals surface area contributed by atoms with Crippen LogP contribution >= 0.6 is 0 Å². The van der Waals surface area contributed by atoms with Gasteiger partial charge in [-0.05, 0) is 90.6 Å². The second kappa shape index (κ2) is 10.9. The Labute approximate surface area is 207 Å². The summed E-state index contributed by atoms with van der Waals surface area (Å²) in [5.74, 6) is 0. The van der Waals surface area contributed by atoms with Crippen LogP contribution in [-0.4, -0.2) is 27.5 Å². The topological polar surface area (TPSA) is 32.3 Å². The summed E-state index contributed by atoms with van der Waals surface area (Å²) in [5.41, 5.74) is 4.46. The number of hydrogen-bond acceptors (Lipinski definition) is 1. The van der Waals surface area contributed by atoms with Gasteiger partial charge in [-0.1, -0.05) is 78.9 Å². The third-order valence-corrected chi connectivity index (χ3v) is 5.10. The number of benzene rings is 3. The maximum atomic E-state index is 12.3. The molecule has 0 atom stereocenters. The SMILES string of the molecule is CC(C)(C)NC(=O)N(C(C)(C)C)C(C)(C)C.c1ccc(-c2cccc(-c3ccccc3)c2)cc1. The zero-order chi connectivity index (χ0) is 25.6. The van der Waals surface area contributed by atoms with Crippen LogP contribution in [0.2, 0.25) is 0 Å². The monoisotopic (exact) mass is 458 g/mol. The van der Waals surface area contributed by atoms with Gasteiger partial charge in [0.05, 0.1) is 0 Å². The molecule has 0 bridgehead atoms. The van der Waals surface area contributed by atoms with Crippen LogP contribution in [0.5, 0.6) is 0 Å². The Bertz CT molecular complexity index is 968. The Morgan fingerprint density at radius 3 is 1.24 bits per heavy atom. The summed E-state index contributed by atoms with van der Waals surface area (Å²) < 4.78 is 0. The summed E-state index contributed by atoms with van der Waals surface area (Å²) in [4.78, 5) is 14.2. The van der Waals surface area contributed by atoms with Crippen molar-refractivity contribution in [1.82, 2.24) is 10.2 Å². The van der Waals surface area contributed by atoms with Crippen molar-refractivity contribution in [1.29, 1.82) is 0 Å². The van der Waals surface area contributed by atoms with Gasteiger partial charge in [0, 0.05) is 16.6 Å². The Morgan fingerprint density at radius 2 is 0.912 bits per heavy atom. The predicted octanol–water partition coefficient (Wildman–Crippen LogP) is 8.41. The van der Waals surface area contributed by atoms with Crippen molar-refractivity contribution in [3.63, 3.8) is 0 Å². The molecule has 0 saturated heterocycles. The van der Waals surface area contributed by atoms with Crippen molar-refractivity contribution in [2.45, 2.75) is 78.9 Å². The average Bonchev–Trinajstić information content (AvgIpc) is 2.72. The number of carbonyl (C=O) groups is 1. The normalized spacial score (nSPS) is 11.8. The summed E-state index contributed by atoms with van der Waals surface area (Å²) in [6, 6.07) is 29.6. The van der Waals surface area contributed by atoms with Gasteiger partial charge in [0.2, 0.25) is 0 Å². The van der Waals surface area contributed by atoms with Crippen molar-refractivity contribution in [2.24, 2.45) is 0 Å². The fraction of sp³-hybridized carbons (Fsp3) is 0.387. The standard InChI is InChI=1S/C18H14.C13H28N2O/c1-3-8-15(9-4-1)17-12-7-13-18(14-17)16-10-5-2-6-11-16;1-11(2,3)14-10(16)15(12(4,5)6)13(7,8)9/h1-14H;1-9H3,(H,14,16). The van der Waals surface area contributed by atoms with Gasteiger partial charge in [-0.15, -0.1) is 0 Å². The molecule has 0 aliphatic heterocycles. The highest BCUT2D eigenvalue weighted by molar-refractivity contribution is 5.76. The molecule has 2 amide bonds. The highest BCUT2D eigenvalue weighted by atomic mass is 16.2. The van der Waals surface area contributed by atoms with E-state index in [9.17, 15) is 4.79 Å². The molecule has 3 heteroatoms. The second-order valence-corrected chi connectivity index (χ2v) is 11.7. The first kappa shape index (κ1) is 27.2. The molecule has 0 saturated carbocycles.